The molecule has 7 heteroatoms. The van der Waals surface area contributed by atoms with Gasteiger partial charge in [0.2, 0.25) is 0 Å². The molecule has 0 amide bonds. The van der Waals surface area contributed by atoms with Crippen LogP contribution in [0.4, 0.5) is 0 Å². The van der Waals surface area contributed by atoms with Gasteiger partial charge >= 0.3 is 0 Å². The Morgan fingerprint density at radius 1 is 0.929 bits per heavy atom. The third-order valence-corrected chi connectivity index (χ3v) is 4.52. The third kappa shape index (κ3) is 7.86. The van der Waals surface area contributed by atoms with Crippen molar-refractivity contribution in [3.8, 4) is 11.5 Å². The number of halogens is 2. The SMILES string of the molecule is CCOc1cc(CNCCCNCCO)cc(Cl)c1OCc1ccc(Cl)cc1. The zero-order valence-electron chi connectivity index (χ0n) is 16.1. The summed E-state index contributed by atoms with van der Waals surface area (Å²) in [7, 11) is 0. The van der Waals surface area contributed by atoms with Gasteiger partial charge in [-0.05, 0) is 61.8 Å². The number of hydrogen-bond acceptors (Lipinski definition) is 5. The summed E-state index contributed by atoms with van der Waals surface area (Å²) in [6.07, 6.45) is 0.980. The molecule has 0 aliphatic heterocycles. The standard InChI is InChI=1S/C21H28Cl2N2O3/c1-2-27-20-13-17(14-25-9-3-8-24-10-11-26)12-19(23)21(20)28-15-16-4-6-18(22)7-5-16/h4-7,12-13,24-26H,2-3,8-11,14-15H2,1H3. The maximum Gasteiger partial charge on any atom is 0.180 e. The van der Waals surface area contributed by atoms with E-state index in [2.05, 4.69) is 10.6 Å². The summed E-state index contributed by atoms with van der Waals surface area (Å²) in [4.78, 5) is 0. The number of benzene rings is 2. The second-order valence-electron chi connectivity index (χ2n) is 6.26. The molecule has 3 N–H and O–H groups in total. The van der Waals surface area contributed by atoms with Crippen LogP contribution < -0.4 is 20.1 Å². The van der Waals surface area contributed by atoms with Crippen LogP contribution in [0.2, 0.25) is 10.0 Å². The minimum Gasteiger partial charge on any atom is -0.490 e. The predicted molar refractivity (Wildman–Crippen MR) is 115 cm³/mol. The summed E-state index contributed by atoms with van der Waals surface area (Å²) in [5.74, 6) is 1.20. The van der Waals surface area contributed by atoms with E-state index in [4.69, 9.17) is 37.8 Å². The van der Waals surface area contributed by atoms with Crippen molar-refractivity contribution < 1.29 is 14.6 Å². The molecule has 2 aromatic rings. The lowest BCUT2D eigenvalue weighted by Crippen LogP contribution is -2.23. The summed E-state index contributed by atoms with van der Waals surface area (Å²) in [6.45, 7) is 6.07. The Morgan fingerprint density at radius 2 is 1.68 bits per heavy atom. The largest absolute Gasteiger partial charge is 0.490 e. The van der Waals surface area contributed by atoms with Gasteiger partial charge in [0.1, 0.15) is 6.61 Å². The number of aliphatic hydroxyl groups excluding tert-OH is 1. The van der Waals surface area contributed by atoms with Gasteiger partial charge in [0.15, 0.2) is 11.5 Å². The fourth-order valence-corrected chi connectivity index (χ4v) is 3.05. The zero-order chi connectivity index (χ0) is 20.2. The molecule has 0 spiro atoms. The second-order valence-corrected chi connectivity index (χ2v) is 7.10. The van der Waals surface area contributed by atoms with Gasteiger partial charge in [0.25, 0.3) is 0 Å². The van der Waals surface area contributed by atoms with E-state index in [0.29, 0.717) is 47.8 Å². The average molecular weight is 427 g/mol. The first kappa shape index (κ1) is 22.8. The Balaban J connectivity index is 1.93. The maximum atomic E-state index is 8.73. The number of rotatable bonds is 13. The smallest absolute Gasteiger partial charge is 0.180 e. The molecular weight excluding hydrogens is 399 g/mol. The van der Waals surface area contributed by atoms with Crippen LogP contribution in [0.15, 0.2) is 36.4 Å². The molecule has 2 aromatic carbocycles. The van der Waals surface area contributed by atoms with E-state index in [1.807, 2.05) is 43.3 Å². The van der Waals surface area contributed by atoms with Gasteiger partial charge in [-0.2, -0.15) is 0 Å². The molecule has 28 heavy (non-hydrogen) atoms. The lowest BCUT2D eigenvalue weighted by atomic mass is 10.2. The highest BCUT2D eigenvalue weighted by molar-refractivity contribution is 6.32. The van der Waals surface area contributed by atoms with Crippen LogP contribution >= 0.6 is 23.2 Å². The Kier molecular flexibility index (Phi) is 10.5. The molecule has 0 bridgehead atoms. The van der Waals surface area contributed by atoms with Crippen LogP contribution in [0, 0.1) is 0 Å². The molecule has 0 radical (unpaired) electrons. The second kappa shape index (κ2) is 12.9. The molecule has 0 unspecified atom stereocenters. The highest BCUT2D eigenvalue weighted by Crippen LogP contribution is 2.37. The minimum absolute atomic E-state index is 0.165. The molecular formula is C21H28Cl2N2O3. The van der Waals surface area contributed by atoms with Crippen LogP contribution in [-0.4, -0.2) is 38.0 Å². The highest BCUT2D eigenvalue weighted by Gasteiger charge is 2.13. The first-order valence-electron chi connectivity index (χ1n) is 9.48. The van der Waals surface area contributed by atoms with Crippen molar-refractivity contribution >= 4 is 23.2 Å². The summed E-state index contributed by atoms with van der Waals surface area (Å²) in [5.41, 5.74) is 2.04. The van der Waals surface area contributed by atoms with Crippen molar-refractivity contribution in [2.75, 3.05) is 32.8 Å². The van der Waals surface area contributed by atoms with Gasteiger partial charge < -0.3 is 25.2 Å². The highest BCUT2D eigenvalue weighted by atomic mass is 35.5. The van der Waals surface area contributed by atoms with Crippen molar-refractivity contribution in [1.82, 2.24) is 10.6 Å². The molecule has 0 saturated heterocycles. The van der Waals surface area contributed by atoms with E-state index in [0.717, 1.165) is 30.6 Å². The van der Waals surface area contributed by atoms with E-state index < -0.39 is 0 Å². The first-order valence-corrected chi connectivity index (χ1v) is 10.2. The van der Waals surface area contributed by atoms with E-state index in [1.165, 1.54) is 0 Å². The number of nitrogens with one attached hydrogen (secondary N) is 2. The van der Waals surface area contributed by atoms with Crippen molar-refractivity contribution in [2.24, 2.45) is 0 Å². The average Bonchev–Trinajstić information content (AvgIpc) is 2.68. The lowest BCUT2D eigenvalue weighted by Gasteiger charge is -2.16. The summed E-state index contributed by atoms with van der Waals surface area (Å²) >= 11 is 12.4. The predicted octanol–water partition coefficient (Wildman–Crippen LogP) is 4.03. The van der Waals surface area contributed by atoms with Crippen molar-refractivity contribution in [3.05, 3.63) is 57.6 Å². The monoisotopic (exact) mass is 426 g/mol. The normalized spacial score (nSPS) is 10.9. The molecule has 5 nitrogen and oxygen atoms in total. The van der Waals surface area contributed by atoms with Gasteiger partial charge in [-0.1, -0.05) is 35.3 Å². The van der Waals surface area contributed by atoms with Crippen LogP contribution in [-0.2, 0) is 13.2 Å². The van der Waals surface area contributed by atoms with Gasteiger partial charge in [-0.25, -0.2) is 0 Å². The van der Waals surface area contributed by atoms with Gasteiger partial charge in [0, 0.05) is 18.1 Å². The molecule has 0 aliphatic rings. The quantitative estimate of drug-likeness (QED) is 0.422. The zero-order valence-corrected chi connectivity index (χ0v) is 17.7. The van der Waals surface area contributed by atoms with E-state index in [-0.39, 0.29) is 6.61 Å². The van der Waals surface area contributed by atoms with Crippen molar-refractivity contribution in [3.63, 3.8) is 0 Å². The maximum absolute atomic E-state index is 8.73. The number of ether oxygens (including phenoxy) is 2. The number of aliphatic hydroxyl groups is 1. The fraction of sp³-hybridized carbons (Fsp3) is 0.429. The van der Waals surface area contributed by atoms with Gasteiger partial charge in [-0.3, -0.25) is 0 Å². The molecule has 2 rings (SSSR count). The van der Waals surface area contributed by atoms with Crippen molar-refractivity contribution in [1.29, 1.82) is 0 Å². The molecule has 0 aliphatic carbocycles. The van der Waals surface area contributed by atoms with Crippen LogP contribution in [0.5, 0.6) is 11.5 Å². The van der Waals surface area contributed by atoms with Crippen molar-refractivity contribution in [2.45, 2.75) is 26.5 Å². The minimum atomic E-state index is 0.165. The Hall–Kier alpha value is -1.50. The van der Waals surface area contributed by atoms with E-state index in [1.54, 1.807) is 0 Å². The van der Waals surface area contributed by atoms with Gasteiger partial charge in [0.05, 0.1) is 18.2 Å². The third-order valence-electron chi connectivity index (χ3n) is 3.99. The summed E-state index contributed by atoms with van der Waals surface area (Å²) < 4.78 is 11.7. The van der Waals surface area contributed by atoms with Gasteiger partial charge in [-0.15, -0.1) is 0 Å². The molecule has 0 saturated carbocycles. The molecule has 154 valence electrons. The molecule has 0 heterocycles. The Labute approximate surface area is 177 Å². The van der Waals surface area contributed by atoms with Crippen LogP contribution in [0.25, 0.3) is 0 Å². The molecule has 0 fully saturated rings. The molecule has 0 atom stereocenters. The first-order chi connectivity index (χ1) is 13.6. The van der Waals surface area contributed by atoms with Crippen LogP contribution in [0.1, 0.15) is 24.5 Å². The van der Waals surface area contributed by atoms with E-state index >= 15 is 0 Å². The summed E-state index contributed by atoms with van der Waals surface area (Å²) in [6, 6.07) is 11.4. The van der Waals surface area contributed by atoms with Crippen LogP contribution in [0.3, 0.4) is 0 Å². The lowest BCUT2D eigenvalue weighted by molar-refractivity contribution is 0.269. The molecule has 0 aromatic heterocycles. The topological polar surface area (TPSA) is 62.8 Å². The fourth-order valence-electron chi connectivity index (χ4n) is 2.64. The van der Waals surface area contributed by atoms with E-state index in [9.17, 15) is 0 Å². The number of hydrogen-bond donors (Lipinski definition) is 3. The Bertz CT molecular complexity index is 712. The summed E-state index contributed by atoms with van der Waals surface area (Å²) in [5, 5.41) is 16.5. The Morgan fingerprint density at radius 3 is 2.39 bits per heavy atom.